The van der Waals surface area contributed by atoms with E-state index in [0.29, 0.717) is 16.4 Å². The standard InChI is InChI=1S/C23H24ClN3O2S2/c1-15(26-23(29)21-3-2-11-30-21)22(28)25-13-19(16-4-6-18(24)7-5-16)27-10-8-20-17(14-27)9-12-31-20/h2-7,9,11-12,15,19H,8,10,13-14H2,1H3,(H,25,28)(H,26,29). The fraction of sp³-hybridized carbons (Fsp3) is 0.304. The first-order valence-electron chi connectivity index (χ1n) is 10.2. The Bertz CT molecular complexity index is 1030. The van der Waals surface area contributed by atoms with Gasteiger partial charge in [0.15, 0.2) is 0 Å². The maximum absolute atomic E-state index is 12.7. The Morgan fingerprint density at radius 2 is 1.94 bits per heavy atom. The lowest BCUT2D eigenvalue weighted by molar-refractivity contribution is -0.122. The second-order valence-corrected chi connectivity index (χ2v) is 9.96. The molecule has 0 bridgehead atoms. The molecule has 0 spiro atoms. The van der Waals surface area contributed by atoms with Gasteiger partial charge in [-0.15, -0.1) is 22.7 Å². The zero-order valence-electron chi connectivity index (χ0n) is 17.1. The van der Waals surface area contributed by atoms with E-state index in [9.17, 15) is 9.59 Å². The summed E-state index contributed by atoms with van der Waals surface area (Å²) >= 11 is 9.26. The van der Waals surface area contributed by atoms with E-state index in [1.807, 2.05) is 47.0 Å². The Morgan fingerprint density at radius 1 is 1.13 bits per heavy atom. The second-order valence-electron chi connectivity index (χ2n) is 7.57. The van der Waals surface area contributed by atoms with E-state index in [1.165, 1.54) is 21.8 Å². The normalized spacial score (nSPS) is 15.7. The first-order chi connectivity index (χ1) is 15.0. The molecule has 0 saturated heterocycles. The van der Waals surface area contributed by atoms with Gasteiger partial charge >= 0.3 is 0 Å². The lowest BCUT2D eigenvalue weighted by atomic mass is 10.0. The van der Waals surface area contributed by atoms with Crippen molar-refractivity contribution in [3.8, 4) is 0 Å². The summed E-state index contributed by atoms with van der Waals surface area (Å²) in [4.78, 5) is 29.4. The highest BCUT2D eigenvalue weighted by Crippen LogP contribution is 2.30. The predicted octanol–water partition coefficient (Wildman–Crippen LogP) is 4.50. The maximum atomic E-state index is 12.7. The fourth-order valence-corrected chi connectivity index (χ4v) is 5.41. The van der Waals surface area contributed by atoms with Crippen LogP contribution in [0.4, 0.5) is 0 Å². The quantitative estimate of drug-likeness (QED) is 0.531. The van der Waals surface area contributed by atoms with Crippen LogP contribution in [0.15, 0.2) is 53.2 Å². The molecule has 2 N–H and O–H groups in total. The van der Waals surface area contributed by atoms with Crippen molar-refractivity contribution in [2.24, 2.45) is 0 Å². The number of nitrogens with zero attached hydrogens (tertiary/aromatic N) is 1. The van der Waals surface area contributed by atoms with Gasteiger partial charge in [0.1, 0.15) is 6.04 Å². The molecule has 31 heavy (non-hydrogen) atoms. The monoisotopic (exact) mass is 473 g/mol. The molecule has 1 aliphatic rings. The van der Waals surface area contributed by atoms with Crippen molar-refractivity contribution in [3.05, 3.63) is 79.1 Å². The van der Waals surface area contributed by atoms with Crippen LogP contribution in [-0.2, 0) is 17.8 Å². The van der Waals surface area contributed by atoms with E-state index in [4.69, 9.17) is 11.6 Å². The third kappa shape index (κ3) is 5.36. The SMILES string of the molecule is CC(NC(=O)c1cccs1)C(=O)NCC(c1ccc(Cl)cc1)N1CCc2sccc2C1. The topological polar surface area (TPSA) is 61.4 Å². The minimum absolute atomic E-state index is 0.0227. The van der Waals surface area contributed by atoms with Gasteiger partial charge in [-0.3, -0.25) is 14.5 Å². The number of hydrogen-bond donors (Lipinski definition) is 2. The lowest BCUT2D eigenvalue weighted by Crippen LogP contribution is -2.47. The molecule has 2 atom stereocenters. The van der Waals surface area contributed by atoms with Crippen LogP contribution < -0.4 is 10.6 Å². The van der Waals surface area contributed by atoms with E-state index < -0.39 is 6.04 Å². The molecule has 0 aliphatic carbocycles. The van der Waals surface area contributed by atoms with Crippen molar-refractivity contribution in [3.63, 3.8) is 0 Å². The number of hydrogen-bond acceptors (Lipinski definition) is 5. The van der Waals surface area contributed by atoms with E-state index >= 15 is 0 Å². The van der Waals surface area contributed by atoms with Crippen molar-refractivity contribution in [2.75, 3.05) is 13.1 Å². The second kappa shape index (κ2) is 9.96. The highest BCUT2D eigenvalue weighted by Gasteiger charge is 2.27. The van der Waals surface area contributed by atoms with Crippen LogP contribution in [0.3, 0.4) is 0 Å². The highest BCUT2D eigenvalue weighted by molar-refractivity contribution is 7.12. The number of benzene rings is 1. The molecule has 0 radical (unpaired) electrons. The summed E-state index contributed by atoms with van der Waals surface area (Å²) in [5, 5.41) is 10.5. The van der Waals surface area contributed by atoms with Gasteiger partial charge in [-0.1, -0.05) is 29.8 Å². The van der Waals surface area contributed by atoms with Crippen molar-refractivity contribution >= 4 is 46.1 Å². The summed E-state index contributed by atoms with van der Waals surface area (Å²) in [7, 11) is 0. The van der Waals surface area contributed by atoms with E-state index in [2.05, 4.69) is 27.0 Å². The number of halogens is 1. The molecular formula is C23H24ClN3O2S2. The van der Waals surface area contributed by atoms with Crippen LogP contribution in [0, 0.1) is 0 Å². The van der Waals surface area contributed by atoms with Crippen LogP contribution in [0.5, 0.6) is 0 Å². The minimum Gasteiger partial charge on any atom is -0.352 e. The molecule has 1 aromatic carbocycles. The zero-order chi connectivity index (χ0) is 21.8. The summed E-state index contributed by atoms with van der Waals surface area (Å²) in [6.45, 7) is 3.95. The van der Waals surface area contributed by atoms with Gasteiger partial charge in [-0.25, -0.2) is 0 Å². The van der Waals surface area contributed by atoms with Gasteiger partial charge < -0.3 is 10.6 Å². The molecule has 1 aliphatic heterocycles. The third-order valence-electron chi connectivity index (χ3n) is 5.49. The van der Waals surface area contributed by atoms with Gasteiger partial charge in [0.25, 0.3) is 5.91 Å². The fourth-order valence-electron chi connectivity index (χ4n) is 3.77. The minimum atomic E-state index is -0.620. The van der Waals surface area contributed by atoms with E-state index in [0.717, 1.165) is 25.1 Å². The van der Waals surface area contributed by atoms with Crippen LogP contribution in [0.25, 0.3) is 0 Å². The highest BCUT2D eigenvalue weighted by atomic mass is 35.5. The summed E-state index contributed by atoms with van der Waals surface area (Å²) in [5.41, 5.74) is 2.47. The predicted molar refractivity (Wildman–Crippen MR) is 127 cm³/mol. The van der Waals surface area contributed by atoms with Gasteiger partial charge in [0.2, 0.25) is 5.91 Å². The number of carbonyl (C=O) groups is 2. The summed E-state index contributed by atoms with van der Waals surface area (Å²) in [5.74, 6) is -0.426. The maximum Gasteiger partial charge on any atom is 0.261 e. The van der Waals surface area contributed by atoms with Gasteiger partial charge in [0.05, 0.1) is 10.9 Å². The molecule has 2 amide bonds. The molecule has 162 valence electrons. The number of rotatable bonds is 7. The molecule has 4 rings (SSSR count). The van der Waals surface area contributed by atoms with Crippen LogP contribution in [0.1, 0.15) is 38.6 Å². The smallest absolute Gasteiger partial charge is 0.261 e. The van der Waals surface area contributed by atoms with Crippen LogP contribution >= 0.6 is 34.3 Å². The number of fused-ring (bicyclic) bond motifs is 1. The van der Waals surface area contributed by atoms with E-state index in [1.54, 1.807) is 13.0 Å². The van der Waals surface area contributed by atoms with Crippen molar-refractivity contribution < 1.29 is 9.59 Å². The third-order valence-corrected chi connectivity index (χ3v) is 7.63. The van der Waals surface area contributed by atoms with Crippen LogP contribution in [0.2, 0.25) is 5.02 Å². The molecular weight excluding hydrogens is 450 g/mol. The number of amides is 2. The van der Waals surface area contributed by atoms with Gasteiger partial charge in [-0.2, -0.15) is 0 Å². The molecule has 2 unspecified atom stereocenters. The van der Waals surface area contributed by atoms with Crippen molar-refractivity contribution in [1.29, 1.82) is 0 Å². The molecule has 5 nitrogen and oxygen atoms in total. The molecule has 0 saturated carbocycles. The Hall–Kier alpha value is -2.19. The Labute approximate surface area is 195 Å². The Morgan fingerprint density at radius 3 is 2.68 bits per heavy atom. The van der Waals surface area contributed by atoms with E-state index in [-0.39, 0.29) is 17.9 Å². The molecule has 8 heteroatoms. The van der Waals surface area contributed by atoms with Crippen molar-refractivity contribution in [1.82, 2.24) is 15.5 Å². The Balaban J connectivity index is 1.43. The van der Waals surface area contributed by atoms with Gasteiger partial charge in [0, 0.05) is 29.5 Å². The summed E-state index contributed by atoms with van der Waals surface area (Å²) in [6.07, 6.45) is 1.01. The van der Waals surface area contributed by atoms with Gasteiger partial charge in [-0.05, 0) is 59.5 Å². The first-order valence-corrected chi connectivity index (χ1v) is 12.3. The molecule has 3 heterocycles. The van der Waals surface area contributed by atoms with Crippen LogP contribution in [-0.4, -0.2) is 35.8 Å². The average Bonchev–Trinajstić information content (AvgIpc) is 3.46. The molecule has 2 aromatic heterocycles. The Kier molecular flexibility index (Phi) is 7.07. The molecule has 0 fully saturated rings. The average molecular weight is 474 g/mol. The summed E-state index contributed by atoms with van der Waals surface area (Å²) in [6, 6.07) is 13.0. The molecule has 3 aromatic rings. The number of thiophene rings is 2. The summed E-state index contributed by atoms with van der Waals surface area (Å²) < 4.78 is 0. The largest absolute Gasteiger partial charge is 0.352 e. The first kappa shape index (κ1) is 22.0. The lowest BCUT2D eigenvalue weighted by Gasteiger charge is -2.35. The zero-order valence-corrected chi connectivity index (χ0v) is 19.5. The van der Waals surface area contributed by atoms with Crippen molar-refractivity contribution in [2.45, 2.75) is 32.0 Å². The number of carbonyl (C=O) groups excluding carboxylic acids is 2. The number of nitrogens with one attached hydrogen (secondary N) is 2.